The van der Waals surface area contributed by atoms with Gasteiger partial charge in [0.2, 0.25) is 0 Å². The summed E-state index contributed by atoms with van der Waals surface area (Å²) in [7, 11) is 0. The largest absolute Gasteiger partial charge is 2.00 e. The van der Waals surface area contributed by atoms with Gasteiger partial charge in [-0.05, 0) is 76.4 Å². The number of benzene rings is 5. The first-order valence-electron chi connectivity index (χ1n) is 16.7. The van der Waals surface area contributed by atoms with Crippen molar-refractivity contribution in [3.8, 4) is 34.4 Å². The average molecular weight is 847 g/mol. The second kappa shape index (κ2) is 12.4. The van der Waals surface area contributed by atoms with Crippen molar-refractivity contribution in [3.63, 3.8) is 0 Å². The summed E-state index contributed by atoms with van der Waals surface area (Å²) in [6, 6.07) is 40.1. The molecule has 51 heavy (non-hydrogen) atoms. The van der Waals surface area contributed by atoms with Crippen molar-refractivity contribution in [1.82, 2.24) is 24.3 Å². The van der Waals surface area contributed by atoms with Gasteiger partial charge in [0, 0.05) is 23.2 Å². The first kappa shape index (κ1) is 32.7. The number of nitrogens with zero attached hydrogens (tertiary/aromatic N) is 5. The van der Waals surface area contributed by atoms with Crippen molar-refractivity contribution in [1.29, 1.82) is 0 Å². The molecule has 0 bridgehead atoms. The Morgan fingerprint density at radius 1 is 0.765 bits per heavy atom. The minimum Gasteiger partial charge on any atom is -0.502 e. The molecule has 0 radical (unpaired) electrons. The van der Waals surface area contributed by atoms with Gasteiger partial charge in [0.05, 0.1) is 17.2 Å². The molecule has 4 heterocycles. The van der Waals surface area contributed by atoms with Gasteiger partial charge in [-0.15, -0.1) is 22.6 Å². The maximum atomic E-state index is 6.80. The summed E-state index contributed by atoms with van der Waals surface area (Å²) in [5.74, 6) is 2.54. The van der Waals surface area contributed by atoms with Crippen LogP contribution in [0.5, 0.6) is 11.5 Å². The second-order valence-electron chi connectivity index (χ2n) is 13.8. The Hall–Kier alpha value is -5.52. The van der Waals surface area contributed by atoms with Crippen molar-refractivity contribution in [2.75, 3.05) is 0 Å². The number of furan rings is 1. The summed E-state index contributed by atoms with van der Waals surface area (Å²) in [5.41, 5.74) is 8.50. The summed E-state index contributed by atoms with van der Waals surface area (Å²) in [5, 5.41) is 12.8. The van der Waals surface area contributed by atoms with E-state index >= 15 is 0 Å². The Labute approximate surface area is 309 Å². The van der Waals surface area contributed by atoms with Gasteiger partial charge in [-0.3, -0.25) is 0 Å². The van der Waals surface area contributed by atoms with Crippen LogP contribution >= 0.6 is 0 Å². The third-order valence-electron chi connectivity index (χ3n) is 9.45. The summed E-state index contributed by atoms with van der Waals surface area (Å²) in [6.45, 7) is 10.8. The van der Waals surface area contributed by atoms with Crippen molar-refractivity contribution < 1.29 is 30.2 Å². The summed E-state index contributed by atoms with van der Waals surface area (Å²) >= 11 is 0. The van der Waals surface area contributed by atoms with Crippen LogP contribution in [0.3, 0.4) is 0 Å². The van der Waals surface area contributed by atoms with E-state index in [1.807, 2.05) is 47.2 Å². The standard InChI is InChI=1S/C43H33N5O2.Pt/c1-26-11-10-12-27(2)41(26)47-25-45-46-42(47)28-21-37(40-33-14-7-9-16-36(33)50-38(40)22-28)49-30-17-18-32-31-13-6-8-15-34(31)48(35(32)24-30)39-23-29(19-20-44-39)43(3,4)5;/h6-20,22-23,25H,1-5H3;/q-2;+2. The molecule has 4 aromatic heterocycles. The molecule has 0 unspecified atom stereocenters. The van der Waals surface area contributed by atoms with E-state index in [2.05, 4.69) is 122 Å². The second-order valence-corrected chi connectivity index (χ2v) is 13.8. The van der Waals surface area contributed by atoms with E-state index in [1.54, 1.807) is 6.33 Å². The minimum absolute atomic E-state index is 0. The summed E-state index contributed by atoms with van der Waals surface area (Å²) in [6.07, 6.45) is 3.63. The molecule has 7 nitrogen and oxygen atoms in total. The van der Waals surface area contributed by atoms with Gasteiger partial charge in [0.25, 0.3) is 0 Å². The number of aryl methyl sites for hydroxylation is 2. The minimum atomic E-state index is -0.0316. The van der Waals surface area contributed by atoms with Crippen molar-refractivity contribution in [2.45, 2.75) is 40.0 Å². The molecule has 8 heteroatoms. The number of hydrogen-bond acceptors (Lipinski definition) is 5. The molecule has 0 aliphatic rings. The number of aromatic nitrogens is 5. The van der Waals surface area contributed by atoms with Crippen LogP contribution < -0.4 is 4.74 Å². The van der Waals surface area contributed by atoms with Gasteiger partial charge in [0.15, 0.2) is 0 Å². The molecule has 9 aromatic rings. The molecule has 9 rings (SSSR count). The van der Waals surface area contributed by atoms with Gasteiger partial charge < -0.3 is 18.3 Å². The summed E-state index contributed by atoms with van der Waals surface area (Å²) < 4.78 is 17.4. The Kier molecular flexibility index (Phi) is 7.92. The third-order valence-corrected chi connectivity index (χ3v) is 9.45. The molecule has 0 aliphatic carbocycles. The molecule has 0 saturated carbocycles. The Balaban J connectivity index is 0.00000374. The van der Waals surface area contributed by atoms with E-state index in [0.717, 1.165) is 60.8 Å². The van der Waals surface area contributed by atoms with Gasteiger partial charge in [-0.1, -0.05) is 98.6 Å². The van der Waals surface area contributed by atoms with Crippen molar-refractivity contribution in [2.24, 2.45) is 0 Å². The van der Waals surface area contributed by atoms with Crippen LogP contribution in [0.4, 0.5) is 0 Å². The van der Waals surface area contributed by atoms with Crippen LogP contribution in [0, 0.1) is 26.0 Å². The van der Waals surface area contributed by atoms with Crippen LogP contribution in [-0.4, -0.2) is 24.3 Å². The fraction of sp³-hybridized carbons (Fsp3) is 0.140. The average Bonchev–Trinajstić information content (AvgIpc) is 3.82. The predicted octanol–water partition coefficient (Wildman–Crippen LogP) is 10.6. The zero-order valence-electron chi connectivity index (χ0n) is 28.8. The molecule has 5 aromatic carbocycles. The fourth-order valence-corrected chi connectivity index (χ4v) is 7.01. The number of pyridine rings is 1. The first-order chi connectivity index (χ1) is 24.2. The fourth-order valence-electron chi connectivity index (χ4n) is 7.01. The molecule has 252 valence electrons. The van der Waals surface area contributed by atoms with E-state index in [-0.39, 0.29) is 26.5 Å². The zero-order chi connectivity index (χ0) is 34.1. The third kappa shape index (κ3) is 5.44. The van der Waals surface area contributed by atoms with Gasteiger partial charge in [-0.2, -0.15) is 11.2 Å². The number of ether oxygens (including phenoxy) is 1. The van der Waals surface area contributed by atoms with E-state index in [4.69, 9.17) is 14.1 Å². The zero-order valence-corrected chi connectivity index (χ0v) is 31.0. The molecular formula is C43H33N5O2Pt. The van der Waals surface area contributed by atoms with Gasteiger partial charge >= 0.3 is 21.1 Å². The first-order valence-corrected chi connectivity index (χ1v) is 16.7. The number of fused-ring (bicyclic) bond motifs is 6. The maximum Gasteiger partial charge on any atom is 2.00 e. The summed E-state index contributed by atoms with van der Waals surface area (Å²) in [4.78, 5) is 4.83. The molecule has 0 saturated heterocycles. The van der Waals surface area contributed by atoms with Crippen molar-refractivity contribution >= 4 is 43.7 Å². The van der Waals surface area contributed by atoms with Crippen molar-refractivity contribution in [3.05, 3.63) is 138 Å². The molecule has 0 amide bonds. The molecular weight excluding hydrogens is 814 g/mol. The topological polar surface area (TPSA) is 70.9 Å². The molecule has 0 spiro atoms. The van der Waals surface area contributed by atoms with Crippen LogP contribution in [-0.2, 0) is 26.5 Å². The van der Waals surface area contributed by atoms with E-state index in [1.165, 1.54) is 5.56 Å². The monoisotopic (exact) mass is 846 g/mol. The normalized spacial score (nSPS) is 11.9. The van der Waals surface area contributed by atoms with Gasteiger partial charge in [-0.25, -0.2) is 4.98 Å². The van der Waals surface area contributed by atoms with E-state index in [9.17, 15) is 0 Å². The molecule has 0 aliphatic heterocycles. The number of para-hydroxylation sites is 3. The quantitative estimate of drug-likeness (QED) is 0.161. The van der Waals surface area contributed by atoms with Crippen LogP contribution in [0.25, 0.3) is 66.6 Å². The van der Waals surface area contributed by atoms with E-state index in [0.29, 0.717) is 28.5 Å². The van der Waals surface area contributed by atoms with Crippen LogP contribution in [0.15, 0.2) is 114 Å². The number of rotatable bonds is 5. The Bertz CT molecular complexity index is 2750. The number of hydrogen-bond donors (Lipinski definition) is 0. The Morgan fingerprint density at radius 2 is 1.53 bits per heavy atom. The molecule has 0 fully saturated rings. The molecule has 0 atom stereocenters. The predicted molar refractivity (Wildman–Crippen MR) is 199 cm³/mol. The Morgan fingerprint density at radius 3 is 2.33 bits per heavy atom. The SMILES string of the molecule is Cc1cccc(C)c1-n1cnnc1-c1[c-]c(Oc2[c-]c3c(cc2)c2ccccc2n3-c2cc(C(C)(C)C)ccn2)c2c(c1)oc1ccccc12.[Pt+2]. The smallest absolute Gasteiger partial charge is 0.502 e. The van der Waals surface area contributed by atoms with E-state index < -0.39 is 0 Å². The van der Waals surface area contributed by atoms with Crippen LogP contribution in [0.2, 0.25) is 0 Å². The van der Waals surface area contributed by atoms with Gasteiger partial charge in [0.1, 0.15) is 17.7 Å². The molecule has 0 N–H and O–H groups in total. The maximum absolute atomic E-state index is 6.80. The van der Waals surface area contributed by atoms with Crippen LogP contribution in [0.1, 0.15) is 37.5 Å².